The van der Waals surface area contributed by atoms with Crippen LogP contribution in [-0.2, 0) is 6.54 Å². The molecule has 3 heterocycles. The molecule has 3 rings (SSSR count). The van der Waals surface area contributed by atoms with E-state index in [2.05, 4.69) is 55.0 Å². The zero-order valence-corrected chi connectivity index (χ0v) is 15.3. The number of anilines is 1. The maximum absolute atomic E-state index is 12.3. The number of likely N-dealkylation sites (tertiary alicyclic amines) is 1. The zero-order chi connectivity index (χ0) is 18.4. The van der Waals surface area contributed by atoms with E-state index in [1.165, 1.54) is 0 Å². The SMILES string of the molecule is CC(C)CN1CC[C@@H](CNC(=O)c2ccc(NCc3nn[nH]n3)nc2)C1. The molecule has 2 aromatic rings. The van der Waals surface area contributed by atoms with Crippen molar-refractivity contribution < 1.29 is 4.79 Å². The molecular formula is C17H26N8O. The first-order valence-electron chi connectivity index (χ1n) is 9.03. The Hall–Kier alpha value is -2.55. The summed E-state index contributed by atoms with van der Waals surface area (Å²) in [6, 6.07) is 3.54. The van der Waals surface area contributed by atoms with E-state index in [9.17, 15) is 4.79 Å². The Labute approximate surface area is 153 Å². The van der Waals surface area contributed by atoms with Crippen molar-refractivity contribution in [1.82, 2.24) is 35.8 Å². The van der Waals surface area contributed by atoms with Crippen molar-refractivity contribution in [3.63, 3.8) is 0 Å². The first-order chi connectivity index (χ1) is 12.6. The number of hydrogen-bond donors (Lipinski definition) is 3. The normalized spacial score (nSPS) is 17.6. The Bertz CT molecular complexity index is 685. The summed E-state index contributed by atoms with van der Waals surface area (Å²) in [4.78, 5) is 19.0. The van der Waals surface area contributed by atoms with Gasteiger partial charge in [-0.25, -0.2) is 4.98 Å². The van der Waals surface area contributed by atoms with Crippen LogP contribution in [0.5, 0.6) is 0 Å². The molecule has 0 saturated carbocycles. The Balaban J connectivity index is 1.42. The van der Waals surface area contributed by atoms with Gasteiger partial charge < -0.3 is 15.5 Å². The third-order valence-corrected chi connectivity index (χ3v) is 4.39. The number of pyridine rings is 1. The van der Waals surface area contributed by atoms with Crippen LogP contribution in [-0.4, -0.2) is 62.6 Å². The Morgan fingerprint density at radius 1 is 1.42 bits per heavy atom. The van der Waals surface area contributed by atoms with Crippen molar-refractivity contribution in [1.29, 1.82) is 0 Å². The summed E-state index contributed by atoms with van der Waals surface area (Å²) in [5.41, 5.74) is 0.562. The van der Waals surface area contributed by atoms with E-state index < -0.39 is 0 Å². The van der Waals surface area contributed by atoms with Crippen molar-refractivity contribution in [3.8, 4) is 0 Å². The van der Waals surface area contributed by atoms with Gasteiger partial charge in [-0.2, -0.15) is 5.21 Å². The minimum absolute atomic E-state index is 0.0791. The number of aromatic nitrogens is 5. The summed E-state index contributed by atoms with van der Waals surface area (Å²) in [7, 11) is 0. The number of carbonyl (C=O) groups is 1. The zero-order valence-electron chi connectivity index (χ0n) is 15.3. The second-order valence-electron chi connectivity index (χ2n) is 7.13. The van der Waals surface area contributed by atoms with Gasteiger partial charge in [0.25, 0.3) is 5.91 Å². The van der Waals surface area contributed by atoms with Gasteiger partial charge in [0.15, 0.2) is 5.82 Å². The fraction of sp³-hybridized carbons (Fsp3) is 0.588. The predicted octanol–water partition coefficient (Wildman–Crippen LogP) is 0.915. The molecular weight excluding hydrogens is 332 g/mol. The van der Waals surface area contributed by atoms with Crippen molar-refractivity contribution in [2.24, 2.45) is 11.8 Å². The maximum atomic E-state index is 12.3. The van der Waals surface area contributed by atoms with Gasteiger partial charge in [0.05, 0.1) is 12.1 Å². The highest BCUT2D eigenvalue weighted by Gasteiger charge is 2.23. The molecule has 1 atom stereocenters. The molecule has 1 fully saturated rings. The average molecular weight is 358 g/mol. The number of amides is 1. The standard InChI is InChI=1S/C17H26N8O/c1-12(2)10-25-6-5-13(11-25)7-20-17(26)14-3-4-15(18-8-14)19-9-16-21-23-24-22-16/h3-4,8,12-13H,5-7,9-11H2,1-2H3,(H,18,19)(H,20,26)(H,21,22,23,24)/t13-/m0/s1. The van der Waals surface area contributed by atoms with Crippen LogP contribution in [0.3, 0.4) is 0 Å². The molecule has 0 unspecified atom stereocenters. The third kappa shape index (κ3) is 5.22. The largest absolute Gasteiger partial charge is 0.363 e. The highest BCUT2D eigenvalue weighted by molar-refractivity contribution is 5.94. The van der Waals surface area contributed by atoms with Crippen LogP contribution < -0.4 is 10.6 Å². The molecule has 9 heteroatoms. The van der Waals surface area contributed by atoms with Gasteiger partial charge >= 0.3 is 0 Å². The van der Waals surface area contributed by atoms with Crippen LogP contribution in [0.15, 0.2) is 18.3 Å². The van der Waals surface area contributed by atoms with Gasteiger partial charge in [-0.05, 0) is 36.9 Å². The third-order valence-electron chi connectivity index (χ3n) is 4.39. The molecule has 0 aromatic carbocycles. The summed E-state index contributed by atoms with van der Waals surface area (Å²) in [6.07, 6.45) is 2.72. The topological polar surface area (TPSA) is 112 Å². The first kappa shape index (κ1) is 18.2. The minimum atomic E-state index is -0.0791. The molecule has 1 aliphatic heterocycles. The Kier molecular flexibility index (Phi) is 6.11. The first-order valence-corrected chi connectivity index (χ1v) is 9.03. The van der Waals surface area contributed by atoms with Crippen molar-refractivity contribution in [2.45, 2.75) is 26.8 Å². The van der Waals surface area contributed by atoms with E-state index in [0.29, 0.717) is 42.1 Å². The molecule has 1 saturated heterocycles. The molecule has 1 amide bonds. The number of aromatic amines is 1. The molecule has 140 valence electrons. The molecule has 26 heavy (non-hydrogen) atoms. The molecule has 2 aromatic heterocycles. The van der Waals surface area contributed by atoms with E-state index in [1.807, 2.05) is 0 Å². The fourth-order valence-electron chi connectivity index (χ4n) is 3.16. The summed E-state index contributed by atoms with van der Waals surface area (Å²) in [6.45, 7) is 8.93. The number of nitrogens with one attached hydrogen (secondary N) is 3. The highest BCUT2D eigenvalue weighted by atomic mass is 16.1. The summed E-state index contributed by atoms with van der Waals surface area (Å²) >= 11 is 0. The molecule has 0 radical (unpaired) electrons. The molecule has 0 spiro atoms. The molecule has 0 bridgehead atoms. The van der Waals surface area contributed by atoms with Gasteiger partial charge in [0.2, 0.25) is 0 Å². The van der Waals surface area contributed by atoms with Gasteiger partial charge in [-0.1, -0.05) is 19.1 Å². The fourth-order valence-corrected chi connectivity index (χ4v) is 3.16. The van der Waals surface area contributed by atoms with Crippen LogP contribution in [0.25, 0.3) is 0 Å². The lowest BCUT2D eigenvalue weighted by atomic mass is 10.1. The number of rotatable bonds is 8. The predicted molar refractivity (Wildman–Crippen MR) is 97.5 cm³/mol. The van der Waals surface area contributed by atoms with Crippen molar-refractivity contribution in [3.05, 3.63) is 29.7 Å². The molecule has 3 N–H and O–H groups in total. The van der Waals surface area contributed by atoms with Crippen molar-refractivity contribution >= 4 is 11.7 Å². The number of nitrogens with zero attached hydrogens (tertiary/aromatic N) is 5. The van der Waals surface area contributed by atoms with E-state index in [0.717, 1.165) is 26.1 Å². The van der Waals surface area contributed by atoms with E-state index in [4.69, 9.17) is 0 Å². The highest BCUT2D eigenvalue weighted by Crippen LogP contribution is 2.16. The molecule has 9 nitrogen and oxygen atoms in total. The Morgan fingerprint density at radius 3 is 3.00 bits per heavy atom. The van der Waals surface area contributed by atoms with Crippen molar-refractivity contribution in [2.75, 3.05) is 31.5 Å². The maximum Gasteiger partial charge on any atom is 0.252 e. The second-order valence-corrected chi connectivity index (χ2v) is 7.13. The minimum Gasteiger partial charge on any atom is -0.363 e. The van der Waals surface area contributed by atoms with Crippen LogP contribution in [0.1, 0.15) is 36.5 Å². The smallest absolute Gasteiger partial charge is 0.252 e. The number of hydrogen-bond acceptors (Lipinski definition) is 7. The number of tetrazole rings is 1. The summed E-state index contributed by atoms with van der Waals surface area (Å²) in [5, 5.41) is 19.7. The molecule has 1 aliphatic rings. The van der Waals surface area contributed by atoms with E-state index in [-0.39, 0.29) is 5.91 Å². The Morgan fingerprint density at radius 2 is 2.31 bits per heavy atom. The van der Waals surface area contributed by atoms with Gasteiger partial charge in [0.1, 0.15) is 5.82 Å². The van der Waals surface area contributed by atoms with Crippen LogP contribution >= 0.6 is 0 Å². The van der Waals surface area contributed by atoms with E-state index in [1.54, 1.807) is 18.3 Å². The second kappa shape index (κ2) is 8.70. The van der Waals surface area contributed by atoms with Gasteiger partial charge in [0, 0.05) is 25.8 Å². The summed E-state index contributed by atoms with van der Waals surface area (Å²) in [5.74, 6) is 2.34. The van der Waals surface area contributed by atoms with Crippen LogP contribution in [0.2, 0.25) is 0 Å². The lowest BCUT2D eigenvalue weighted by Crippen LogP contribution is -2.31. The average Bonchev–Trinajstić information content (AvgIpc) is 3.30. The lowest BCUT2D eigenvalue weighted by molar-refractivity contribution is 0.0947. The lowest BCUT2D eigenvalue weighted by Gasteiger charge is -2.18. The number of carbonyl (C=O) groups excluding carboxylic acids is 1. The van der Waals surface area contributed by atoms with Gasteiger partial charge in [-0.15, -0.1) is 10.2 Å². The summed E-state index contributed by atoms with van der Waals surface area (Å²) < 4.78 is 0. The quantitative estimate of drug-likeness (QED) is 0.643. The van der Waals surface area contributed by atoms with Crippen LogP contribution in [0.4, 0.5) is 5.82 Å². The monoisotopic (exact) mass is 358 g/mol. The van der Waals surface area contributed by atoms with Crippen LogP contribution in [0, 0.1) is 11.8 Å². The number of H-pyrrole nitrogens is 1. The van der Waals surface area contributed by atoms with Gasteiger partial charge in [-0.3, -0.25) is 4.79 Å². The molecule has 0 aliphatic carbocycles. The van der Waals surface area contributed by atoms with E-state index >= 15 is 0 Å².